The number of anilines is 1. The highest BCUT2D eigenvalue weighted by Crippen LogP contribution is 2.18. The Morgan fingerprint density at radius 1 is 1.25 bits per heavy atom. The lowest BCUT2D eigenvalue weighted by Gasteiger charge is -2.16. The van der Waals surface area contributed by atoms with Crippen molar-refractivity contribution in [1.29, 1.82) is 0 Å². The molecule has 0 aromatic heterocycles. The van der Waals surface area contributed by atoms with Gasteiger partial charge in [-0.15, -0.1) is 0 Å². The van der Waals surface area contributed by atoms with Gasteiger partial charge >= 0.3 is 5.97 Å². The highest BCUT2D eigenvalue weighted by Gasteiger charge is 2.20. The highest BCUT2D eigenvalue weighted by molar-refractivity contribution is 7.92. The van der Waals surface area contributed by atoms with E-state index in [1.165, 1.54) is 6.07 Å². The fourth-order valence-corrected chi connectivity index (χ4v) is 2.85. The summed E-state index contributed by atoms with van der Waals surface area (Å²) >= 11 is 0. The normalized spacial score (nSPS) is 12.7. The van der Waals surface area contributed by atoms with Crippen LogP contribution >= 0.6 is 0 Å². The van der Waals surface area contributed by atoms with Gasteiger partial charge in [-0.2, -0.15) is 0 Å². The molecular formula is C16H24N2O5S. The van der Waals surface area contributed by atoms with Gasteiger partial charge in [-0.1, -0.05) is 19.9 Å². The number of sulfonamides is 1. The molecule has 24 heavy (non-hydrogen) atoms. The van der Waals surface area contributed by atoms with Crippen molar-refractivity contribution in [2.24, 2.45) is 11.8 Å². The number of aliphatic carboxylic acids is 1. The predicted octanol–water partition coefficient (Wildman–Crippen LogP) is 1.84. The lowest BCUT2D eigenvalue weighted by Crippen LogP contribution is -2.33. The maximum Gasteiger partial charge on any atom is 0.308 e. The molecule has 1 aromatic carbocycles. The monoisotopic (exact) mass is 356 g/mol. The van der Waals surface area contributed by atoms with Crippen molar-refractivity contribution < 1.29 is 23.1 Å². The average Bonchev–Trinajstić information content (AvgIpc) is 2.43. The summed E-state index contributed by atoms with van der Waals surface area (Å²) in [6.45, 7) is 5.58. The number of hydrogen-bond acceptors (Lipinski definition) is 4. The minimum absolute atomic E-state index is 0.0229. The predicted molar refractivity (Wildman–Crippen MR) is 92.6 cm³/mol. The van der Waals surface area contributed by atoms with Crippen LogP contribution in [0, 0.1) is 18.8 Å². The van der Waals surface area contributed by atoms with E-state index in [9.17, 15) is 23.1 Å². The Morgan fingerprint density at radius 3 is 2.38 bits per heavy atom. The van der Waals surface area contributed by atoms with E-state index >= 15 is 0 Å². The standard InChI is InChI=1S/C16H24N2O5S/c1-10(2)7-13(16(20)21)9-17-15(19)12-6-5-11(3)14(8-12)18-24(4,22)23/h5-6,8,10,13,18H,7,9H2,1-4H3,(H,17,19)(H,20,21). The summed E-state index contributed by atoms with van der Waals surface area (Å²) < 4.78 is 25.1. The van der Waals surface area contributed by atoms with E-state index in [1.807, 2.05) is 13.8 Å². The van der Waals surface area contributed by atoms with E-state index in [4.69, 9.17) is 0 Å². The molecule has 8 heteroatoms. The van der Waals surface area contributed by atoms with E-state index < -0.39 is 27.8 Å². The summed E-state index contributed by atoms with van der Waals surface area (Å²) in [6.07, 6.45) is 1.49. The van der Waals surface area contributed by atoms with Crippen LogP contribution in [-0.2, 0) is 14.8 Å². The molecule has 1 amide bonds. The number of carbonyl (C=O) groups excluding carboxylic acids is 1. The summed E-state index contributed by atoms with van der Waals surface area (Å²) in [7, 11) is -3.45. The van der Waals surface area contributed by atoms with E-state index in [-0.39, 0.29) is 18.0 Å². The number of rotatable bonds is 8. The topological polar surface area (TPSA) is 113 Å². The summed E-state index contributed by atoms with van der Waals surface area (Å²) in [5.74, 6) is -1.85. The number of carboxylic acids is 1. The Labute approximate surface area is 142 Å². The quantitative estimate of drug-likeness (QED) is 0.658. The Bertz CT molecular complexity index is 713. The van der Waals surface area contributed by atoms with Crippen LogP contribution in [0.2, 0.25) is 0 Å². The molecule has 0 spiro atoms. The number of carboxylic acid groups (broad SMARTS) is 1. The van der Waals surface area contributed by atoms with Gasteiger partial charge in [0.2, 0.25) is 10.0 Å². The fraction of sp³-hybridized carbons (Fsp3) is 0.500. The smallest absolute Gasteiger partial charge is 0.308 e. The van der Waals surface area contributed by atoms with Crippen LogP contribution in [0.25, 0.3) is 0 Å². The molecular weight excluding hydrogens is 332 g/mol. The first kappa shape index (κ1) is 20.0. The maximum absolute atomic E-state index is 12.2. The summed E-state index contributed by atoms with van der Waals surface area (Å²) in [5, 5.41) is 11.8. The molecule has 0 bridgehead atoms. The van der Waals surface area contributed by atoms with Gasteiger partial charge in [0.1, 0.15) is 0 Å². The second-order valence-electron chi connectivity index (χ2n) is 6.28. The molecule has 0 aliphatic rings. The van der Waals surface area contributed by atoms with Crippen LogP contribution in [0.4, 0.5) is 5.69 Å². The minimum Gasteiger partial charge on any atom is -0.481 e. The molecule has 0 aliphatic heterocycles. The van der Waals surface area contributed by atoms with Crippen LogP contribution in [0.5, 0.6) is 0 Å². The molecule has 0 saturated heterocycles. The molecule has 0 aliphatic carbocycles. The first-order valence-corrected chi connectivity index (χ1v) is 9.48. The number of nitrogens with one attached hydrogen (secondary N) is 2. The van der Waals surface area contributed by atoms with Crippen LogP contribution < -0.4 is 10.0 Å². The molecule has 1 atom stereocenters. The average molecular weight is 356 g/mol. The number of amides is 1. The third kappa shape index (κ3) is 6.57. The first-order valence-electron chi connectivity index (χ1n) is 7.59. The highest BCUT2D eigenvalue weighted by atomic mass is 32.2. The SMILES string of the molecule is Cc1ccc(C(=O)NCC(CC(C)C)C(=O)O)cc1NS(C)(=O)=O. The summed E-state index contributed by atoms with van der Waals surface area (Å²) in [6, 6.07) is 4.63. The zero-order valence-corrected chi connectivity index (χ0v) is 15.1. The van der Waals surface area contributed by atoms with Crippen molar-refractivity contribution in [3.8, 4) is 0 Å². The molecule has 0 saturated carbocycles. The molecule has 1 aromatic rings. The number of aryl methyl sites for hydroxylation is 1. The van der Waals surface area contributed by atoms with Crippen molar-refractivity contribution in [2.75, 3.05) is 17.5 Å². The maximum atomic E-state index is 12.2. The second-order valence-corrected chi connectivity index (χ2v) is 8.03. The van der Waals surface area contributed by atoms with Crippen LogP contribution in [-0.4, -0.2) is 38.2 Å². The number of hydrogen-bond donors (Lipinski definition) is 3. The van der Waals surface area contributed by atoms with Gasteiger partial charge in [-0.05, 0) is 37.0 Å². The number of benzene rings is 1. The lowest BCUT2D eigenvalue weighted by molar-refractivity contribution is -0.142. The van der Waals surface area contributed by atoms with Gasteiger partial charge in [-0.25, -0.2) is 8.42 Å². The zero-order valence-electron chi connectivity index (χ0n) is 14.3. The molecule has 1 unspecified atom stereocenters. The summed E-state index contributed by atoms with van der Waals surface area (Å²) in [4.78, 5) is 23.4. The third-order valence-corrected chi connectivity index (χ3v) is 4.00. The van der Waals surface area contributed by atoms with E-state index in [0.717, 1.165) is 6.26 Å². The first-order chi connectivity index (χ1) is 11.0. The van der Waals surface area contributed by atoms with Crippen LogP contribution in [0.3, 0.4) is 0 Å². The van der Waals surface area contributed by atoms with Crippen molar-refractivity contribution >= 4 is 27.6 Å². The van der Waals surface area contributed by atoms with Gasteiger partial charge < -0.3 is 10.4 Å². The Balaban J connectivity index is 2.84. The summed E-state index contributed by atoms with van der Waals surface area (Å²) in [5.41, 5.74) is 1.27. The van der Waals surface area contributed by atoms with Gasteiger partial charge in [-0.3, -0.25) is 14.3 Å². The Hall–Kier alpha value is -2.09. The van der Waals surface area contributed by atoms with Crippen molar-refractivity contribution in [3.63, 3.8) is 0 Å². The van der Waals surface area contributed by atoms with Gasteiger partial charge in [0, 0.05) is 12.1 Å². The van der Waals surface area contributed by atoms with Crippen LogP contribution in [0.15, 0.2) is 18.2 Å². The Morgan fingerprint density at radius 2 is 1.88 bits per heavy atom. The van der Waals surface area contributed by atoms with E-state index in [1.54, 1.807) is 19.1 Å². The molecule has 3 N–H and O–H groups in total. The van der Waals surface area contributed by atoms with E-state index in [2.05, 4.69) is 10.0 Å². The molecule has 0 fully saturated rings. The molecule has 0 heterocycles. The van der Waals surface area contributed by atoms with Gasteiger partial charge in [0.25, 0.3) is 5.91 Å². The van der Waals surface area contributed by atoms with Gasteiger partial charge in [0.05, 0.1) is 17.9 Å². The van der Waals surface area contributed by atoms with E-state index in [0.29, 0.717) is 17.7 Å². The molecule has 134 valence electrons. The van der Waals surface area contributed by atoms with Gasteiger partial charge in [0.15, 0.2) is 0 Å². The lowest BCUT2D eigenvalue weighted by atomic mass is 9.97. The van der Waals surface area contributed by atoms with Crippen molar-refractivity contribution in [2.45, 2.75) is 27.2 Å². The van der Waals surface area contributed by atoms with Crippen molar-refractivity contribution in [3.05, 3.63) is 29.3 Å². The zero-order chi connectivity index (χ0) is 18.5. The molecule has 0 radical (unpaired) electrons. The van der Waals surface area contributed by atoms with Crippen LogP contribution in [0.1, 0.15) is 36.2 Å². The Kier molecular flexibility index (Phi) is 6.77. The number of carbonyl (C=O) groups is 2. The molecule has 7 nitrogen and oxygen atoms in total. The largest absolute Gasteiger partial charge is 0.481 e. The molecule has 1 rings (SSSR count). The second kappa shape index (κ2) is 8.14. The fourth-order valence-electron chi connectivity index (χ4n) is 2.23. The van der Waals surface area contributed by atoms with Crippen molar-refractivity contribution in [1.82, 2.24) is 5.32 Å². The third-order valence-electron chi connectivity index (χ3n) is 3.41. The minimum atomic E-state index is -3.45.